The SMILES string of the molecule is CCC1(C(=O)N[C@H](C)c2cccs2)CCNC1. The summed E-state index contributed by atoms with van der Waals surface area (Å²) in [6.07, 6.45) is 1.86. The molecule has 2 atom stereocenters. The second-order valence-electron chi connectivity index (χ2n) is 4.77. The maximum absolute atomic E-state index is 12.4. The van der Waals surface area contributed by atoms with E-state index >= 15 is 0 Å². The van der Waals surface area contributed by atoms with Crippen LogP contribution in [0.2, 0.25) is 0 Å². The van der Waals surface area contributed by atoms with E-state index in [1.54, 1.807) is 11.3 Å². The zero-order chi connectivity index (χ0) is 12.3. The first-order valence-corrected chi connectivity index (χ1v) is 7.11. The van der Waals surface area contributed by atoms with Crippen molar-refractivity contribution in [1.82, 2.24) is 10.6 Å². The summed E-state index contributed by atoms with van der Waals surface area (Å²) >= 11 is 1.69. The van der Waals surface area contributed by atoms with Gasteiger partial charge in [0.25, 0.3) is 0 Å². The topological polar surface area (TPSA) is 41.1 Å². The molecule has 0 spiro atoms. The molecule has 3 nitrogen and oxygen atoms in total. The zero-order valence-electron chi connectivity index (χ0n) is 10.5. The van der Waals surface area contributed by atoms with Gasteiger partial charge in [-0.3, -0.25) is 4.79 Å². The molecule has 0 aromatic carbocycles. The fourth-order valence-electron chi connectivity index (χ4n) is 2.36. The Morgan fingerprint density at radius 2 is 2.53 bits per heavy atom. The second-order valence-corrected chi connectivity index (χ2v) is 5.75. The molecular formula is C13H20N2OS. The number of hydrogen-bond acceptors (Lipinski definition) is 3. The summed E-state index contributed by atoms with van der Waals surface area (Å²) < 4.78 is 0. The zero-order valence-corrected chi connectivity index (χ0v) is 11.3. The molecule has 0 aliphatic carbocycles. The number of carbonyl (C=O) groups is 1. The van der Waals surface area contributed by atoms with Gasteiger partial charge in [-0.05, 0) is 37.8 Å². The van der Waals surface area contributed by atoms with Gasteiger partial charge in [-0.2, -0.15) is 0 Å². The molecule has 4 heteroatoms. The summed E-state index contributed by atoms with van der Waals surface area (Å²) in [6, 6.07) is 4.21. The van der Waals surface area contributed by atoms with Gasteiger partial charge in [-0.25, -0.2) is 0 Å². The van der Waals surface area contributed by atoms with Crippen molar-refractivity contribution in [2.24, 2.45) is 5.41 Å². The van der Waals surface area contributed by atoms with E-state index in [0.29, 0.717) is 0 Å². The van der Waals surface area contributed by atoms with E-state index in [9.17, 15) is 4.79 Å². The quantitative estimate of drug-likeness (QED) is 0.863. The molecule has 1 aliphatic heterocycles. The summed E-state index contributed by atoms with van der Waals surface area (Å²) in [5, 5.41) is 8.49. The van der Waals surface area contributed by atoms with Crippen LogP contribution in [0.1, 0.15) is 37.6 Å². The van der Waals surface area contributed by atoms with Crippen LogP contribution in [-0.4, -0.2) is 19.0 Å². The Kier molecular flexibility index (Phi) is 3.84. The summed E-state index contributed by atoms with van der Waals surface area (Å²) in [5.41, 5.74) is -0.189. The van der Waals surface area contributed by atoms with Crippen molar-refractivity contribution in [3.8, 4) is 0 Å². The third-order valence-corrected chi connectivity index (χ3v) is 4.77. The molecule has 17 heavy (non-hydrogen) atoms. The maximum Gasteiger partial charge on any atom is 0.228 e. The average Bonchev–Trinajstić information content (AvgIpc) is 3.01. The maximum atomic E-state index is 12.4. The van der Waals surface area contributed by atoms with Crippen molar-refractivity contribution in [2.75, 3.05) is 13.1 Å². The first-order chi connectivity index (χ1) is 8.18. The molecule has 0 bridgehead atoms. The molecule has 94 valence electrons. The van der Waals surface area contributed by atoms with Crippen molar-refractivity contribution in [3.05, 3.63) is 22.4 Å². The number of thiophene rings is 1. The van der Waals surface area contributed by atoms with E-state index in [1.807, 2.05) is 11.4 Å². The molecule has 2 N–H and O–H groups in total. The smallest absolute Gasteiger partial charge is 0.228 e. The lowest BCUT2D eigenvalue weighted by Crippen LogP contribution is -2.42. The van der Waals surface area contributed by atoms with Gasteiger partial charge >= 0.3 is 0 Å². The van der Waals surface area contributed by atoms with Crippen LogP contribution in [0.25, 0.3) is 0 Å². The van der Waals surface area contributed by atoms with Crippen molar-refractivity contribution < 1.29 is 4.79 Å². The largest absolute Gasteiger partial charge is 0.348 e. The minimum atomic E-state index is -0.189. The van der Waals surface area contributed by atoms with Crippen molar-refractivity contribution in [1.29, 1.82) is 0 Å². The summed E-state index contributed by atoms with van der Waals surface area (Å²) in [7, 11) is 0. The normalized spacial score (nSPS) is 25.8. The van der Waals surface area contributed by atoms with Crippen molar-refractivity contribution in [3.63, 3.8) is 0 Å². The average molecular weight is 252 g/mol. The number of rotatable bonds is 4. The lowest BCUT2D eigenvalue weighted by atomic mass is 9.83. The van der Waals surface area contributed by atoms with Gasteiger partial charge in [0.15, 0.2) is 0 Å². The van der Waals surface area contributed by atoms with Crippen LogP contribution in [0.3, 0.4) is 0 Å². The Bertz CT molecular complexity index is 369. The first-order valence-electron chi connectivity index (χ1n) is 6.23. The molecule has 2 rings (SSSR count). The minimum Gasteiger partial charge on any atom is -0.348 e. The Labute approximate surface area is 107 Å². The molecule has 1 unspecified atom stereocenters. The van der Waals surface area contributed by atoms with E-state index in [2.05, 4.69) is 30.5 Å². The van der Waals surface area contributed by atoms with E-state index < -0.39 is 0 Å². The predicted molar refractivity (Wildman–Crippen MR) is 71.1 cm³/mol. The third kappa shape index (κ3) is 2.53. The van der Waals surface area contributed by atoms with Crippen LogP contribution in [0.15, 0.2) is 17.5 Å². The molecule has 1 aromatic rings. The second kappa shape index (κ2) is 5.19. The lowest BCUT2D eigenvalue weighted by molar-refractivity contribution is -0.131. The standard InChI is InChI=1S/C13H20N2OS/c1-3-13(6-7-14-9-13)12(16)15-10(2)11-5-4-8-17-11/h4-5,8,10,14H,3,6-7,9H2,1-2H3,(H,15,16)/t10-,13?/m1/s1. The van der Waals surface area contributed by atoms with E-state index in [0.717, 1.165) is 25.9 Å². The molecule has 1 saturated heterocycles. The van der Waals surface area contributed by atoms with Gasteiger partial charge in [-0.15, -0.1) is 11.3 Å². The molecular weight excluding hydrogens is 232 g/mol. The van der Waals surface area contributed by atoms with E-state index in [-0.39, 0.29) is 17.4 Å². The van der Waals surface area contributed by atoms with Gasteiger partial charge in [0.1, 0.15) is 0 Å². The van der Waals surface area contributed by atoms with Crippen LogP contribution < -0.4 is 10.6 Å². The minimum absolute atomic E-state index is 0.117. The highest BCUT2D eigenvalue weighted by molar-refractivity contribution is 7.10. The van der Waals surface area contributed by atoms with Crippen LogP contribution in [0.4, 0.5) is 0 Å². The van der Waals surface area contributed by atoms with Crippen molar-refractivity contribution >= 4 is 17.2 Å². The van der Waals surface area contributed by atoms with Gasteiger partial charge in [-0.1, -0.05) is 13.0 Å². The number of carbonyl (C=O) groups excluding carboxylic acids is 1. The molecule has 1 amide bonds. The van der Waals surface area contributed by atoms with Gasteiger partial charge < -0.3 is 10.6 Å². The molecule has 0 saturated carbocycles. The highest BCUT2D eigenvalue weighted by Gasteiger charge is 2.39. The van der Waals surface area contributed by atoms with Crippen LogP contribution in [0.5, 0.6) is 0 Å². The van der Waals surface area contributed by atoms with Gasteiger partial charge in [0.05, 0.1) is 11.5 Å². The Morgan fingerprint density at radius 1 is 1.71 bits per heavy atom. The van der Waals surface area contributed by atoms with Crippen LogP contribution >= 0.6 is 11.3 Å². The number of nitrogens with one attached hydrogen (secondary N) is 2. The van der Waals surface area contributed by atoms with E-state index in [4.69, 9.17) is 0 Å². The number of hydrogen-bond donors (Lipinski definition) is 2. The molecule has 0 radical (unpaired) electrons. The third-order valence-electron chi connectivity index (χ3n) is 3.72. The molecule has 1 aromatic heterocycles. The lowest BCUT2D eigenvalue weighted by Gasteiger charge is -2.27. The molecule has 2 heterocycles. The fourth-order valence-corrected chi connectivity index (χ4v) is 3.09. The summed E-state index contributed by atoms with van der Waals surface area (Å²) in [6.45, 7) is 5.92. The first kappa shape index (κ1) is 12.6. The molecule has 1 fully saturated rings. The van der Waals surface area contributed by atoms with E-state index in [1.165, 1.54) is 4.88 Å². The highest BCUT2D eigenvalue weighted by atomic mass is 32.1. The Balaban J connectivity index is 2.01. The monoisotopic (exact) mass is 252 g/mol. The van der Waals surface area contributed by atoms with Gasteiger partial charge in [0.2, 0.25) is 5.91 Å². The van der Waals surface area contributed by atoms with Crippen LogP contribution in [-0.2, 0) is 4.79 Å². The highest BCUT2D eigenvalue weighted by Crippen LogP contribution is 2.30. The summed E-state index contributed by atoms with van der Waals surface area (Å²) in [4.78, 5) is 13.6. The van der Waals surface area contributed by atoms with Gasteiger partial charge in [0, 0.05) is 11.4 Å². The van der Waals surface area contributed by atoms with Crippen molar-refractivity contribution in [2.45, 2.75) is 32.7 Å². The predicted octanol–water partition coefficient (Wildman–Crippen LogP) is 2.32. The Hall–Kier alpha value is -0.870. The Morgan fingerprint density at radius 3 is 3.06 bits per heavy atom. The number of amides is 1. The fraction of sp³-hybridized carbons (Fsp3) is 0.615. The molecule has 1 aliphatic rings. The van der Waals surface area contributed by atoms with Crippen LogP contribution in [0, 0.1) is 5.41 Å². The summed E-state index contributed by atoms with van der Waals surface area (Å²) in [5.74, 6) is 0.200.